The number of ether oxygens (including phenoxy) is 1. The molecule has 2 aromatic carbocycles. The van der Waals surface area contributed by atoms with Gasteiger partial charge in [0, 0.05) is 24.7 Å². The minimum atomic E-state index is -1.26. The van der Waals surface area contributed by atoms with Crippen LogP contribution in [-0.2, 0) is 24.5 Å². The quantitative estimate of drug-likeness (QED) is 0.330. The maximum Gasteiger partial charge on any atom is 0.328 e. The first-order valence-electron chi connectivity index (χ1n) is 13.1. The first kappa shape index (κ1) is 30.7. The third-order valence-electron chi connectivity index (χ3n) is 6.94. The Kier molecular flexibility index (Phi) is 12.7. The zero-order chi connectivity index (χ0) is 28.0. The van der Waals surface area contributed by atoms with E-state index >= 15 is 0 Å². The zero-order valence-corrected chi connectivity index (χ0v) is 22.6. The Bertz CT molecular complexity index is 1010. The van der Waals surface area contributed by atoms with Gasteiger partial charge in [0.15, 0.2) is 0 Å². The van der Waals surface area contributed by atoms with Crippen LogP contribution < -0.4 is 0 Å². The molecule has 8 nitrogen and oxygen atoms in total. The van der Waals surface area contributed by atoms with Crippen molar-refractivity contribution in [2.45, 2.75) is 45.1 Å². The molecule has 1 unspecified atom stereocenters. The minimum absolute atomic E-state index is 0.0702. The molecule has 0 radical (unpaired) electrons. The fraction of sp³-hybridized carbons (Fsp3) is 0.433. The number of likely N-dealkylation sites (tertiary alicyclic amines) is 1. The molecule has 0 aromatic heterocycles. The molecule has 1 fully saturated rings. The van der Waals surface area contributed by atoms with Crippen LogP contribution in [0.3, 0.4) is 0 Å². The van der Waals surface area contributed by atoms with E-state index in [0.717, 1.165) is 51.1 Å². The van der Waals surface area contributed by atoms with E-state index in [-0.39, 0.29) is 5.97 Å². The molecule has 1 atom stereocenters. The average molecular weight is 525 g/mol. The predicted molar refractivity (Wildman–Crippen MR) is 147 cm³/mol. The second kappa shape index (κ2) is 15.7. The van der Waals surface area contributed by atoms with Crippen molar-refractivity contribution in [1.82, 2.24) is 9.80 Å². The van der Waals surface area contributed by atoms with Gasteiger partial charge in [0.1, 0.15) is 0 Å². The molecule has 0 bridgehead atoms. The fourth-order valence-electron chi connectivity index (χ4n) is 4.91. The van der Waals surface area contributed by atoms with Crippen LogP contribution in [-0.4, -0.2) is 77.3 Å². The molecular weight excluding hydrogens is 484 g/mol. The van der Waals surface area contributed by atoms with Gasteiger partial charge < -0.3 is 19.8 Å². The summed E-state index contributed by atoms with van der Waals surface area (Å²) in [6.45, 7) is 11.6. The third kappa shape index (κ3) is 8.82. The van der Waals surface area contributed by atoms with Gasteiger partial charge in [-0.1, -0.05) is 74.5 Å². The molecule has 1 aliphatic rings. The lowest BCUT2D eigenvalue weighted by Crippen LogP contribution is -2.50. The lowest BCUT2D eigenvalue weighted by atomic mass is 9.72. The monoisotopic (exact) mass is 524 g/mol. The Labute approximate surface area is 225 Å². The van der Waals surface area contributed by atoms with Crippen LogP contribution in [0.15, 0.2) is 72.8 Å². The van der Waals surface area contributed by atoms with Crippen molar-refractivity contribution in [2.24, 2.45) is 0 Å². The normalized spacial score (nSPS) is 15.9. The highest BCUT2D eigenvalue weighted by Crippen LogP contribution is 2.37. The van der Waals surface area contributed by atoms with Crippen molar-refractivity contribution in [2.75, 3.05) is 39.3 Å². The molecule has 2 aromatic rings. The number of hydrogen-bond acceptors (Lipinski definition) is 6. The number of carboxylic acid groups (broad SMARTS) is 2. The largest absolute Gasteiger partial charge is 0.478 e. The Hall–Kier alpha value is -3.49. The predicted octanol–water partition coefficient (Wildman–Crippen LogP) is 4.38. The van der Waals surface area contributed by atoms with E-state index in [0.29, 0.717) is 24.8 Å². The Morgan fingerprint density at radius 1 is 0.895 bits per heavy atom. The van der Waals surface area contributed by atoms with Gasteiger partial charge in [-0.3, -0.25) is 9.69 Å². The zero-order valence-electron chi connectivity index (χ0n) is 22.6. The van der Waals surface area contributed by atoms with Gasteiger partial charge in [0.05, 0.1) is 12.0 Å². The van der Waals surface area contributed by atoms with Crippen molar-refractivity contribution < 1.29 is 29.3 Å². The number of rotatable bonds is 11. The van der Waals surface area contributed by atoms with E-state index in [1.54, 1.807) is 0 Å². The highest BCUT2D eigenvalue weighted by molar-refractivity contribution is 5.89. The van der Waals surface area contributed by atoms with Crippen LogP contribution in [0.2, 0.25) is 0 Å². The number of aliphatic carboxylic acids is 2. The van der Waals surface area contributed by atoms with Gasteiger partial charge in [-0.05, 0) is 57.1 Å². The third-order valence-corrected chi connectivity index (χ3v) is 6.94. The number of carboxylic acids is 2. The highest BCUT2D eigenvalue weighted by atomic mass is 16.5. The molecule has 0 saturated carbocycles. The second-order valence-corrected chi connectivity index (χ2v) is 9.13. The van der Waals surface area contributed by atoms with Crippen molar-refractivity contribution in [3.05, 3.63) is 83.9 Å². The van der Waals surface area contributed by atoms with Gasteiger partial charge in [-0.15, -0.1) is 0 Å². The Balaban J connectivity index is 0.000000550. The molecule has 1 heterocycles. The van der Waals surface area contributed by atoms with Crippen molar-refractivity contribution in [1.29, 1.82) is 0 Å². The molecule has 2 N–H and O–H groups in total. The van der Waals surface area contributed by atoms with E-state index in [1.165, 1.54) is 5.56 Å². The van der Waals surface area contributed by atoms with Crippen molar-refractivity contribution in [3.63, 3.8) is 0 Å². The average Bonchev–Trinajstić information content (AvgIpc) is 2.94. The standard InChI is InChI=1S/C26H36N2O2.C4H4O4/c1-4-28(5-2)24(22-13-9-7-10-14-22)21-27-19-17-26(18-20-27,25(29)30-6-3)23-15-11-8-12-16-23;5-3(6)1-2-4(7)8/h7-16,24H,4-6,17-21H2,1-3H3;1-2H,(H,5,6)(H,7,8)/b;2-1-. The fourth-order valence-corrected chi connectivity index (χ4v) is 4.91. The van der Waals surface area contributed by atoms with E-state index in [4.69, 9.17) is 14.9 Å². The van der Waals surface area contributed by atoms with Crippen LogP contribution in [0.25, 0.3) is 0 Å². The van der Waals surface area contributed by atoms with Gasteiger partial charge in [0.25, 0.3) is 0 Å². The first-order chi connectivity index (χ1) is 18.3. The van der Waals surface area contributed by atoms with E-state index in [2.05, 4.69) is 66.1 Å². The number of esters is 1. The van der Waals surface area contributed by atoms with E-state index in [1.807, 2.05) is 25.1 Å². The Morgan fingerprint density at radius 3 is 1.84 bits per heavy atom. The number of likely N-dealkylation sites (N-methyl/N-ethyl adjacent to an activating group) is 1. The lowest BCUT2D eigenvalue weighted by molar-refractivity contribution is -0.152. The SMILES string of the molecule is CCOC(=O)C1(c2ccccc2)CCN(CC(c2ccccc2)N(CC)CC)CC1.O=C(O)/C=C\C(=O)O. The number of benzene rings is 2. The summed E-state index contributed by atoms with van der Waals surface area (Å²) in [5.74, 6) is -2.58. The van der Waals surface area contributed by atoms with Gasteiger partial charge in [-0.25, -0.2) is 9.59 Å². The summed E-state index contributed by atoms with van der Waals surface area (Å²) >= 11 is 0. The maximum atomic E-state index is 13.0. The molecule has 3 rings (SSSR count). The molecule has 0 amide bonds. The summed E-state index contributed by atoms with van der Waals surface area (Å²) in [6.07, 6.45) is 2.72. The minimum Gasteiger partial charge on any atom is -0.478 e. The van der Waals surface area contributed by atoms with Crippen LogP contribution in [0.5, 0.6) is 0 Å². The number of carbonyl (C=O) groups excluding carboxylic acids is 1. The van der Waals surface area contributed by atoms with Gasteiger partial charge in [-0.2, -0.15) is 0 Å². The van der Waals surface area contributed by atoms with Crippen LogP contribution >= 0.6 is 0 Å². The number of carbonyl (C=O) groups is 3. The molecule has 0 spiro atoms. The smallest absolute Gasteiger partial charge is 0.328 e. The summed E-state index contributed by atoms with van der Waals surface area (Å²) in [4.78, 5) is 37.2. The lowest BCUT2D eigenvalue weighted by Gasteiger charge is -2.42. The van der Waals surface area contributed by atoms with Gasteiger partial charge >= 0.3 is 17.9 Å². The highest BCUT2D eigenvalue weighted by Gasteiger charge is 2.44. The second-order valence-electron chi connectivity index (χ2n) is 9.13. The van der Waals surface area contributed by atoms with Crippen LogP contribution in [0.4, 0.5) is 0 Å². The van der Waals surface area contributed by atoms with Crippen LogP contribution in [0, 0.1) is 0 Å². The summed E-state index contributed by atoms with van der Waals surface area (Å²) in [6, 6.07) is 21.4. The summed E-state index contributed by atoms with van der Waals surface area (Å²) in [7, 11) is 0. The number of nitrogens with zero attached hydrogens (tertiary/aromatic N) is 2. The number of piperidine rings is 1. The Morgan fingerprint density at radius 2 is 1.39 bits per heavy atom. The van der Waals surface area contributed by atoms with E-state index in [9.17, 15) is 14.4 Å². The summed E-state index contributed by atoms with van der Waals surface area (Å²) < 4.78 is 5.53. The molecule has 38 heavy (non-hydrogen) atoms. The summed E-state index contributed by atoms with van der Waals surface area (Å²) in [5.41, 5.74) is 1.93. The first-order valence-corrected chi connectivity index (χ1v) is 13.1. The summed E-state index contributed by atoms with van der Waals surface area (Å²) in [5, 5.41) is 15.6. The number of hydrogen-bond donors (Lipinski definition) is 2. The van der Waals surface area contributed by atoms with E-state index < -0.39 is 17.4 Å². The molecule has 1 saturated heterocycles. The van der Waals surface area contributed by atoms with Crippen molar-refractivity contribution >= 4 is 17.9 Å². The molecule has 206 valence electrons. The molecule has 1 aliphatic heterocycles. The topological polar surface area (TPSA) is 107 Å². The van der Waals surface area contributed by atoms with Crippen molar-refractivity contribution in [3.8, 4) is 0 Å². The molecular formula is C30H40N2O6. The molecule has 8 heteroatoms. The van der Waals surface area contributed by atoms with Gasteiger partial charge in [0.2, 0.25) is 0 Å². The van der Waals surface area contributed by atoms with Crippen LogP contribution in [0.1, 0.15) is 50.8 Å². The maximum absolute atomic E-state index is 13.0. The molecule has 0 aliphatic carbocycles.